The topological polar surface area (TPSA) is 40.9 Å². The number of carbonyl (C=O) groups excluding carboxylic acids is 1. The Balaban J connectivity index is 4.20. The molecule has 0 rings (SSSR count). The molecule has 0 aliphatic rings. The highest BCUT2D eigenvalue weighted by Crippen LogP contribution is 1.88. The van der Waals surface area contributed by atoms with Gasteiger partial charge in [0.05, 0.1) is 5.57 Å². The second-order valence-electron chi connectivity index (χ2n) is 1.25. The highest BCUT2D eigenvalue weighted by atomic mass is 16.1. The summed E-state index contributed by atoms with van der Waals surface area (Å²) in [6.45, 7) is 1.29. The average Bonchev–Trinajstić information content (AvgIpc) is 1.69. The van der Waals surface area contributed by atoms with Gasteiger partial charge in [0.25, 0.3) is 0 Å². The van der Waals surface area contributed by atoms with Crippen molar-refractivity contribution in [2.75, 3.05) is 0 Å². The molecule has 38 valence electrons. The zero-order valence-electron chi connectivity index (χ0n) is 4.51. The van der Waals surface area contributed by atoms with Gasteiger partial charge in [0.2, 0.25) is 0 Å². The summed E-state index contributed by atoms with van der Waals surface area (Å²) < 4.78 is 0. The Labute approximate surface area is 49.2 Å². The Morgan fingerprint density at radius 3 is 2.38 bits per heavy atom. The second-order valence-corrected chi connectivity index (χ2v) is 1.25. The van der Waals surface area contributed by atoms with E-state index in [1.165, 1.54) is 6.92 Å². The van der Waals surface area contributed by atoms with E-state index in [-0.39, 0.29) is 11.4 Å². The van der Waals surface area contributed by atoms with Crippen LogP contribution in [0.15, 0.2) is 11.5 Å². The van der Waals surface area contributed by atoms with Crippen molar-refractivity contribution in [3.63, 3.8) is 0 Å². The lowest BCUT2D eigenvalue weighted by Gasteiger charge is -1.82. The van der Waals surface area contributed by atoms with Crippen molar-refractivity contribution in [2.45, 2.75) is 6.92 Å². The molecule has 2 radical (unpaired) electrons. The molecule has 0 unspecified atom stereocenters. The largest absolute Gasteiger partial charge is 0.294 e. The number of carbonyl (C=O) groups is 1. The fraction of sp³-hybridized carbons (Fsp3) is 0.200. The predicted octanol–water partition coefficient (Wildman–Crippen LogP) is 0.151. The van der Waals surface area contributed by atoms with Crippen molar-refractivity contribution in [2.24, 2.45) is 0 Å². The van der Waals surface area contributed by atoms with Crippen LogP contribution in [-0.2, 0) is 4.79 Å². The van der Waals surface area contributed by atoms with Crippen LogP contribution in [0.4, 0.5) is 0 Å². The molecule has 0 aromatic carbocycles. The molecule has 0 atom stereocenters. The predicted molar refractivity (Wildman–Crippen MR) is 30.1 cm³/mol. The van der Waals surface area contributed by atoms with Gasteiger partial charge in [-0.1, -0.05) is 0 Å². The Kier molecular flexibility index (Phi) is 2.64. The first-order valence-corrected chi connectivity index (χ1v) is 2.05. The number of hydrogen-bond acceptors (Lipinski definition) is 2. The summed E-state index contributed by atoms with van der Waals surface area (Å²) in [5.74, 6) is 0.706. The summed E-state index contributed by atoms with van der Waals surface area (Å²) in [7, 11) is 4.88. The van der Waals surface area contributed by atoms with Crippen LogP contribution >= 0.6 is 0 Å². The summed E-state index contributed by atoms with van der Waals surface area (Å²) >= 11 is 0. The fourth-order valence-electron chi connectivity index (χ4n) is 0.233. The molecule has 0 aromatic heterocycles. The number of allylic oxidation sites excluding steroid dienone is 1. The lowest BCUT2D eigenvalue weighted by Crippen LogP contribution is -1.92. The molecule has 0 aliphatic heterocycles. The molecule has 8 heavy (non-hydrogen) atoms. The normalized spacial score (nSPS) is 10.2. The van der Waals surface area contributed by atoms with Crippen LogP contribution in [0.2, 0.25) is 0 Å². The first-order chi connectivity index (χ1) is 3.72. The number of hydrogen-bond donors (Lipinski definition) is 0. The molecule has 0 fully saturated rings. The van der Waals surface area contributed by atoms with Crippen molar-refractivity contribution in [1.29, 1.82) is 5.26 Å². The van der Waals surface area contributed by atoms with E-state index in [0.717, 1.165) is 5.98 Å². The number of rotatable bonds is 1. The maximum Gasteiger partial charge on any atom is 0.169 e. The van der Waals surface area contributed by atoms with E-state index in [1.54, 1.807) is 6.07 Å². The van der Waals surface area contributed by atoms with Crippen LogP contribution in [0.25, 0.3) is 0 Å². The number of nitrogens with zero attached hydrogens (tertiary/aromatic N) is 1. The second kappa shape index (κ2) is 3.03. The molecule has 0 bridgehead atoms. The third-order valence-corrected chi connectivity index (χ3v) is 0.666. The third kappa shape index (κ3) is 1.61. The molecular weight excluding hydrogens is 101 g/mol. The minimum absolute atomic E-state index is 0.00463. The molecule has 0 heterocycles. The average molecular weight is 105 g/mol. The molecule has 0 aromatic rings. The van der Waals surface area contributed by atoms with Crippen molar-refractivity contribution >= 4 is 13.6 Å². The van der Waals surface area contributed by atoms with Crippen LogP contribution in [0, 0.1) is 11.3 Å². The maximum atomic E-state index is 10.2. The zero-order chi connectivity index (χ0) is 6.57. The maximum absolute atomic E-state index is 10.2. The molecule has 0 spiro atoms. The zero-order valence-corrected chi connectivity index (χ0v) is 4.51. The van der Waals surface area contributed by atoms with Crippen molar-refractivity contribution < 1.29 is 4.79 Å². The van der Waals surface area contributed by atoms with Gasteiger partial charge < -0.3 is 0 Å². The van der Waals surface area contributed by atoms with Gasteiger partial charge in [0, 0.05) is 0 Å². The number of ketones is 1. The smallest absolute Gasteiger partial charge is 0.169 e. The highest BCUT2D eigenvalue weighted by Gasteiger charge is 1.96. The van der Waals surface area contributed by atoms with Gasteiger partial charge in [-0.25, -0.2) is 0 Å². The molecule has 0 N–H and O–H groups in total. The lowest BCUT2D eigenvalue weighted by molar-refractivity contribution is -0.113. The first kappa shape index (κ1) is 6.96. The molecule has 0 saturated carbocycles. The monoisotopic (exact) mass is 105 g/mol. The van der Waals surface area contributed by atoms with E-state index in [9.17, 15) is 4.79 Å². The van der Waals surface area contributed by atoms with Gasteiger partial charge in [0.15, 0.2) is 5.78 Å². The summed E-state index contributed by atoms with van der Waals surface area (Å²) in [4.78, 5) is 10.2. The first-order valence-electron chi connectivity index (χ1n) is 2.05. The van der Waals surface area contributed by atoms with E-state index in [2.05, 4.69) is 0 Å². The standard InChI is InChI=1S/C5H4BNO/c1-4(8)5(2-6)3-7/h2H,1H3. The van der Waals surface area contributed by atoms with Gasteiger partial charge in [-0.05, 0) is 6.92 Å². The summed E-state index contributed by atoms with van der Waals surface area (Å²) in [6.07, 6.45) is 0. The lowest BCUT2D eigenvalue weighted by atomic mass is 10.0. The van der Waals surface area contributed by atoms with Gasteiger partial charge in [0.1, 0.15) is 13.9 Å². The molecule has 0 aliphatic carbocycles. The van der Waals surface area contributed by atoms with Gasteiger partial charge in [-0.3, -0.25) is 4.79 Å². The molecule has 0 amide bonds. The fourth-order valence-corrected chi connectivity index (χ4v) is 0.233. The van der Waals surface area contributed by atoms with Gasteiger partial charge in [-0.2, -0.15) is 5.26 Å². The van der Waals surface area contributed by atoms with E-state index < -0.39 is 0 Å². The Hall–Kier alpha value is -1.04. The van der Waals surface area contributed by atoms with Crippen LogP contribution in [0.1, 0.15) is 6.92 Å². The van der Waals surface area contributed by atoms with Crippen LogP contribution in [0.3, 0.4) is 0 Å². The quantitative estimate of drug-likeness (QED) is 0.270. The van der Waals surface area contributed by atoms with Crippen LogP contribution in [0.5, 0.6) is 0 Å². The SMILES string of the molecule is [B]C=C(C#N)C(C)=O. The highest BCUT2D eigenvalue weighted by molar-refractivity contribution is 6.21. The summed E-state index contributed by atoms with van der Waals surface area (Å²) in [6, 6.07) is 1.64. The van der Waals surface area contributed by atoms with E-state index in [1.807, 2.05) is 0 Å². The van der Waals surface area contributed by atoms with Gasteiger partial charge >= 0.3 is 0 Å². The molecule has 2 nitrogen and oxygen atoms in total. The third-order valence-electron chi connectivity index (χ3n) is 0.666. The van der Waals surface area contributed by atoms with E-state index in [0.29, 0.717) is 0 Å². The van der Waals surface area contributed by atoms with Crippen molar-refractivity contribution in [3.05, 3.63) is 11.5 Å². The minimum atomic E-state index is -0.296. The van der Waals surface area contributed by atoms with Crippen molar-refractivity contribution in [1.82, 2.24) is 0 Å². The molecule has 3 heteroatoms. The summed E-state index contributed by atoms with van der Waals surface area (Å²) in [5.41, 5.74) is 0.00463. The van der Waals surface area contributed by atoms with Crippen LogP contribution in [-0.4, -0.2) is 13.6 Å². The van der Waals surface area contributed by atoms with Crippen LogP contribution < -0.4 is 0 Å². The molecule has 0 saturated heterocycles. The minimum Gasteiger partial charge on any atom is -0.294 e. The Bertz CT molecular complexity index is 166. The van der Waals surface area contributed by atoms with Crippen molar-refractivity contribution in [3.8, 4) is 6.07 Å². The number of nitriles is 1. The van der Waals surface area contributed by atoms with Gasteiger partial charge in [-0.15, -0.1) is 5.98 Å². The summed E-state index contributed by atoms with van der Waals surface area (Å²) in [5, 5.41) is 8.08. The van der Waals surface area contributed by atoms with E-state index in [4.69, 9.17) is 13.1 Å². The number of Topliss-reactive ketones (excluding diaryl/α,β-unsaturated/α-hetero) is 1. The van der Waals surface area contributed by atoms with E-state index >= 15 is 0 Å². The Morgan fingerprint density at radius 2 is 2.38 bits per heavy atom. The molecular formula is C5H4BNO. The Morgan fingerprint density at radius 1 is 1.88 bits per heavy atom.